The van der Waals surface area contributed by atoms with Gasteiger partial charge in [-0.25, -0.2) is 9.37 Å². The molecule has 3 rings (SSSR count). The maximum absolute atomic E-state index is 12.9. The van der Waals surface area contributed by atoms with Crippen LogP contribution in [-0.2, 0) is 17.6 Å². The first-order valence-electron chi connectivity index (χ1n) is 9.06. The normalized spacial score (nSPS) is 14.0. The predicted octanol–water partition coefficient (Wildman–Crippen LogP) is 2.67. The van der Waals surface area contributed by atoms with E-state index in [-0.39, 0.29) is 36.5 Å². The summed E-state index contributed by atoms with van der Waals surface area (Å²) in [5.41, 5.74) is 1.82. The second-order valence-corrected chi connectivity index (χ2v) is 7.45. The minimum Gasteiger partial charge on any atom is -0.356 e. The Labute approximate surface area is 181 Å². The van der Waals surface area contributed by atoms with Crippen LogP contribution in [0.5, 0.6) is 0 Å². The Morgan fingerprint density at radius 1 is 1.21 bits per heavy atom. The van der Waals surface area contributed by atoms with Gasteiger partial charge in [-0.15, -0.1) is 36.2 Å². The molecule has 9 heteroatoms. The quantitative estimate of drug-likeness (QED) is 0.609. The minimum atomic E-state index is -0.234. The summed E-state index contributed by atoms with van der Waals surface area (Å²) >= 11 is 1.54. The summed E-state index contributed by atoms with van der Waals surface area (Å²) < 4.78 is 12.9. The Balaban J connectivity index is 0.00000196. The number of aromatic nitrogens is 1. The van der Waals surface area contributed by atoms with Gasteiger partial charge in [0.15, 0.2) is 0 Å². The molecule has 0 bridgehead atoms. The SMILES string of the molecule is Cl.Cl.O=C(Cc1csc(Cc2ccc(F)cc2)n1)NCCCN1CCNCC1. The van der Waals surface area contributed by atoms with Crippen molar-refractivity contribution in [2.24, 2.45) is 0 Å². The van der Waals surface area contributed by atoms with E-state index in [1.165, 1.54) is 12.1 Å². The molecule has 1 saturated heterocycles. The van der Waals surface area contributed by atoms with Gasteiger partial charge in [-0.2, -0.15) is 0 Å². The van der Waals surface area contributed by atoms with Crippen molar-refractivity contribution in [3.63, 3.8) is 0 Å². The molecule has 2 heterocycles. The van der Waals surface area contributed by atoms with E-state index in [0.29, 0.717) is 19.4 Å². The fourth-order valence-electron chi connectivity index (χ4n) is 2.98. The molecular weight excluding hydrogens is 422 g/mol. The van der Waals surface area contributed by atoms with Crippen LogP contribution in [0.1, 0.15) is 22.7 Å². The lowest BCUT2D eigenvalue weighted by atomic mass is 10.1. The summed E-state index contributed by atoms with van der Waals surface area (Å²) in [5.74, 6) is -0.217. The number of halogens is 3. The van der Waals surface area contributed by atoms with Gasteiger partial charge in [0, 0.05) is 44.5 Å². The van der Waals surface area contributed by atoms with Gasteiger partial charge < -0.3 is 15.5 Å². The number of hydrogen-bond acceptors (Lipinski definition) is 5. The van der Waals surface area contributed by atoms with Gasteiger partial charge in [-0.1, -0.05) is 12.1 Å². The smallest absolute Gasteiger partial charge is 0.226 e. The first-order chi connectivity index (χ1) is 12.7. The van der Waals surface area contributed by atoms with E-state index in [9.17, 15) is 9.18 Å². The van der Waals surface area contributed by atoms with Gasteiger partial charge in [-0.3, -0.25) is 4.79 Å². The average Bonchev–Trinajstić information content (AvgIpc) is 3.08. The number of rotatable bonds is 8. The van der Waals surface area contributed by atoms with Crippen LogP contribution in [0.4, 0.5) is 4.39 Å². The lowest BCUT2D eigenvalue weighted by Crippen LogP contribution is -2.44. The molecule has 0 radical (unpaired) electrons. The zero-order valence-electron chi connectivity index (χ0n) is 15.7. The van der Waals surface area contributed by atoms with Crippen molar-refractivity contribution in [2.45, 2.75) is 19.3 Å². The Hall–Kier alpha value is -1.25. The summed E-state index contributed by atoms with van der Waals surface area (Å²) in [6.45, 7) is 6.01. The van der Waals surface area contributed by atoms with Crippen molar-refractivity contribution in [3.05, 3.63) is 51.7 Å². The number of thiazole rings is 1. The average molecular weight is 449 g/mol. The van der Waals surface area contributed by atoms with Crippen LogP contribution in [0, 0.1) is 5.82 Å². The van der Waals surface area contributed by atoms with Crippen LogP contribution < -0.4 is 10.6 Å². The second kappa shape index (κ2) is 13.1. The van der Waals surface area contributed by atoms with E-state index in [1.54, 1.807) is 23.5 Å². The minimum absolute atomic E-state index is 0. The van der Waals surface area contributed by atoms with Crippen LogP contribution in [0.25, 0.3) is 0 Å². The summed E-state index contributed by atoms with van der Waals surface area (Å²) in [7, 11) is 0. The van der Waals surface area contributed by atoms with Crippen molar-refractivity contribution in [1.29, 1.82) is 0 Å². The van der Waals surface area contributed by atoms with Gasteiger partial charge in [0.2, 0.25) is 5.91 Å². The molecule has 1 aromatic carbocycles. The van der Waals surface area contributed by atoms with Crippen molar-refractivity contribution < 1.29 is 9.18 Å². The maximum Gasteiger partial charge on any atom is 0.226 e. The molecule has 0 unspecified atom stereocenters. The third-order valence-electron chi connectivity index (χ3n) is 4.39. The molecule has 1 amide bonds. The lowest BCUT2D eigenvalue weighted by Gasteiger charge is -2.27. The maximum atomic E-state index is 12.9. The van der Waals surface area contributed by atoms with Crippen LogP contribution in [-0.4, -0.2) is 55.1 Å². The van der Waals surface area contributed by atoms with Crippen molar-refractivity contribution in [2.75, 3.05) is 39.3 Å². The third kappa shape index (κ3) is 8.41. The first-order valence-corrected chi connectivity index (χ1v) is 9.94. The predicted molar refractivity (Wildman–Crippen MR) is 116 cm³/mol. The Morgan fingerprint density at radius 2 is 1.93 bits per heavy atom. The molecule has 0 aliphatic carbocycles. The van der Waals surface area contributed by atoms with Crippen LogP contribution in [0.2, 0.25) is 0 Å². The molecule has 0 saturated carbocycles. The van der Waals surface area contributed by atoms with Crippen molar-refractivity contribution in [1.82, 2.24) is 20.5 Å². The van der Waals surface area contributed by atoms with E-state index in [2.05, 4.69) is 20.5 Å². The Kier molecular flexibility index (Phi) is 11.6. The number of carbonyl (C=O) groups excluding carboxylic acids is 1. The van der Waals surface area contributed by atoms with E-state index < -0.39 is 0 Å². The highest BCUT2D eigenvalue weighted by molar-refractivity contribution is 7.09. The largest absolute Gasteiger partial charge is 0.356 e. The number of carbonyl (C=O) groups is 1. The molecule has 5 nitrogen and oxygen atoms in total. The molecule has 1 aromatic heterocycles. The van der Waals surface area contributed by atoms with E-state index >= 15 is 0 Å². The van der Waals surface area contributed by atoms with Crippen LogP contribution in [0.15, 0.2) is 29.6 Å². The second-order valence-electron chi connectivity index (χ2n) is 6.51. The summed E-state index contributed by atoms with van der Waals surface area (Å²) in [6.07, 6.45) is 1.95. The number of piperazine rings is 1. The van der Waals surface area contributed by atoms with Crippen molar-refractivity contribution in [3.8, 4) is 0 Å². The van der Waals surface area contributed by atoms with Crippen LogP contribution in [0.3, 0.4) is 0 Å². The number of nitrogens with zero attached hydrogens (tertiary/aromatic N) is 2. The molecule has 1 fully saturated rings. The molecule has 0 atom stereocenters. The number of benzene rings is 1. The van der Waals surface area contributed by atoms with E-state index in [1.807, 2.05) is 5.38 Å². The van der Waals surface area contributed by atoms with Gasteiger partial charge in [-0.05, 0) is 30.7 Å². The topological polar surface area (TPSA) is 57.3 Å². The summed E-state index contributed by atoms with van der Waals surface area (Å²) in [6, 6.07) is 6.44. The number of amides is 1. The lowest BCUT2D eigenvalue weighted by molar-refractivity contribution is -0.120. The first kappa shape index (κ1) is 24.8. The molecule has 1 aliphatic rings. The molecular formula is C19H27Cl2FN4OS. The third-order valence-corrected chi connectivity index (χ3v) is 5.29. The highest BCUT2D eigenvalue weighted by atomic mass is 35.5. The molecule has 156 valence electrons. The number of nitrogens with one attached hydrogen (secondary N) is 2. The van der Waals surface area contributed by atoms with E-state index in [0.717, 1.165) is 55.4 Å². The zero-order chi connectivity index (χ0) is 18.2. The van der Waals surface area contributed by atoms with Gasteiger partial charge in [0.05, 0.1) is 17.1 Å². The highest BCUT2D eigenvalue weighted by Gasteiger charge is 2.10. The Bertz CT molecular complexity index is 708. The van der Waals surface area contributed by atoms with Gasteiger partial charge in [0.1, 0.15) is 5.82 Å². The summed E-state index contributed by atoms with van der Waals surface area (Å²) in [5, 5.41) is 9.19. The molecule has 2 N–H and O–H groups in total. The monoisotopic (exact) mass is 448 g/mol. The highest BCUT2D eigenvalue weighted by Crippen LogP contribution is 2.15. The number of hydrogen-bond donors (Lipinski definition) is 2. The molecule has 2 aromatic rings. The summed E-state index contributed by atoms with van der Waals surface area (Å²) in [4.78, 5) is 19.0. The van der Waals surface area contributed by atoms with Gasteiger partial charge in [0.25, 0.3) is 0 Å². The molecule has 28 heavy (non-hydrogen) atoms. The molecule has 1 aliphatic heterocycles. The van der Waals surface area contributed by atoms with E-state index in [4.69, 9.17) is 0 Å². The Morgan fingerprint density at radius 3 is 2.64 bits per heavy atom. The fraction of sp³-hybridized carbons (Fsp3) is 0.474. The standard InChI is InChI=1S/C19H25FN4OS.2ClH/c20-16-4-2-15(3-5-16)12-19-23-17(14-26-19)13-18(25)22-6-1-9-24-10-7-21-8-11-24;;/h2-5,14,21H,1,6-13H2,(H,22,25);2*1H. The fourth-order valence-corrected chi connectivity index (χ4v) is 3.81. The van der Waals surface area contributed by atoms with Crippen molar-refractivity contribution >= 4 is 42.1 Å². The molecule has 0 spiro atoms. The zero-order valence-corrected chi connectivity index (χ0v) is 18.1. The van der Waals surface area contributed by atoms with Gasteiger partial charge >= 0.3 is 0 Å². The van der Waals surface area contributed by atoms with Crippen LogP contribution >= 0.6 is 36.2 Å².